The molecule has 0 aliphatic heterocycles. The Labute approximate surface area is 205 Å². The Hall–Kier alpha value is -3.13. The molecule has 0 saturated heterocycles. The number of fused-ring (bicyclic) bond motifs is 1. The third kappa shape index (κ3) is 4.95. The second-order valence-electron chi connectivity index (χ2n) is 7.40. The lowest BCUT2D eigenvalue weighted by Gasteiger charge is -2.13. The van der Waals surface area contributed by atoms with Gasteiger partial charge in [0.05, 0.1) is 16.1 Å². The molecule has 1 heterocycles. The molecule has 3 N–H and O–H groups in total. The molecule has 6 nitrogen and oxygen atoms in total. The summed E-state index contributed by atoms with van der Waals surface area (Å²) < 4.78 is 5.87. The number of halogens is 2. The van der Waals surface area contributed by atoms with Gasteiger partial charge in [0.2, 0.25) is 5.89 Å². The van der Waals surface area contributed by atoms with Gasteiger partial charge in [-0.25, -0.2) is 4.98 Å². The van der Waals surface area contributed by atoms with E-state index in [-0.39, 0.29) is 27.3 Å². The molecule has 0 bridgehead atoms. The third-order valence-electron chi connectivity index (χ3n) is 5.05. The smallest absolute Gasteiger partial charge is 0.258 e. The number of hydrogen-bond acceptors (Lipinski definition) is 5. The van der Waals surface area contributed by atoms with Gasteiger partial charge in [0.15, 0.2) is 10.7 Å². The highest BCUT2D eigenvalue weighted by molar-refractivity contribution is 7.80. The summed E-state index contributed by atoms with van der Waals surface area (Å²) >= 11 is 17.3. The van der Waals surface area contributed by atoms with Gasteiger partial charge in [-0.2, -0.15) is 0 Å². The molecule has 0 spiro atoms. The number of thiocarbonyl (C=S) groups is 1. The molecule has 0 unspecified atom stereocenters. The van der Waals surface area contributed by atoms with E-state index in [0.717, 1.165) is 12.0 Å². The summed E-state index contributed by atoms with van der Waals surface area (Å²) in [5.41, 5.74) is 4.20. The van der Waals surface area contributed by atoms with Gasteiger partial charge in [0.1, 0.15) is 11.3 Å². The van der Waals surface area contributed by atoms with Gasteiger partial charge < -0.3 is 14.8 Å². The summed E-state index contributed by atoms with van der Waals surface area (Å²) in [6, 6.07) is 13.7. The van der Waals surface area contributed by atoms with Crippen molar-refractivity contribution in [1.82, 2.24) is 10.3 Å². The van der Waals surface area contributed by atoms with Crippen molar-refractivity contribution in [3.05, 3.63) is 75.3 Å². The van der Waals surface area contributed by atoms with E-state index < -0.39 is 5.91 Å². The minimum absolute atomic E-state index is 0.0449. The third-order valence-corrected chi connectivity index (χ3v) is 5.82. The fourth-order valence-electron chi connectivity index (χ4n) is 3.33. The van der Waals surface area contributed by atoms with Crippen LogP contribution in [0.25, 0.3) is 22.6 Å². The first-order valence-electron chi connectivity index (χ1n) is 10.1. The van der Waals surface area contributed by atoms with Gasteiger partial charge in [0, 0.05) is 10.7 Å². The summed E-state index contributed by atoms with van der Waals surface area (Å²) in [6.45, 7) is 3.81. The van der Waals surface area contributed by atoms with Crippen molar-refractivity contribution in [2.24, 2.45) is 0 Å². The standard InChI is InChI=1S/C24H19Cl2N3O3S/c1-3-13-4-7-20-19(9-13)28-23(32-20)17-11-15(8-12(2)21(17)30)27-24(33)29-22(31)16-10-14(25)5-6-18(16)26/h4-11,30H,3H2,1-2H3,(H2,27,29,31,33). The maximum absolute atomic E-state index is 12.5. The Morgan fingerprint density at radius 2 is 1.94 bits per heavy atom. The molecular formula is C24H19Cl2N3O3S. The van der Waals surface area contributed by atoms with Crippen LogP contribution in [0.4, 0.5) is 5.69 Å². The van der Waals surface area contributed by atoms with Gasteiger partial charge in [-0.15, -0.1) is 0 Å². The first-order valence-corrected chi connectivity index (χ1v) is 11.2. The highest BCUT2D eigenvalue weighted by Crippen LogP contribution is 2.36. The van der Waals surface area contributed by atoms with Gasteiger partial charge >= 0.3 is 0 Å². The maximum atomic E-state index is 12.5. The predicted molar refractivity (Wildman–Crippen MR) is 135 cm³/mol. The molecule has 0 fully saturated rings. The molecule has 0 aliphatic rings. The molecule has 4 rings (SSSR count). The summed E-state index contributed by atoms with van der Waals surface area (Å²) in [5, 5.41) is 16.8. The average Bonchev–Trinajstić information content (AvgIpc) is 3.20. The normalized spacial score (nSPS) is 10.9. The van der Waals surface area contributed by atoms with Crippen molar-refractivity contribution in [3.63, 3.8) is 0 Å². The predicted octanol–water partition coefficient (Wildman–Crippen LogP) is 6.50. The van der Waals surface area contributed by atoms with Crippen molar-refractivity contribution < 1.29 is 14.3 Å². The van der Waals surface area contributed by atoms with E-state index >= 15 is 0 Å². The second-order valence-corrected chi connectivity index (χ2v) is 8.65. The van der Waals surface area contributed by atoms with Crippen LogP contribution in [0.15, 0.2) is 52.9 Å². The lowest BCUT2D eigenvalue weighted by atomic mass is 10.1. The van der Waals surface area contributed by atoms with Crippen LogP contribution in [-0.2, 0) is 6.42 Å². The molecule has 0 atom stereocenters. The summed E-state index contributed by atoms with van der Waals surface area (Å²) in [6.07, 6.45) is 0.880. The number of aromatic hydroxyl groups is 1. The quantitative estimate of drug-likeness (QED) is 0.219. The Morgan fingerprint density at radius 1 is 1.15 bits per heavy atom. The zero-order chi connectivity index (χ0) is 23.7. The number of nitrogens with zero attached hydrogens (tertiary/aromatic N) is 1. The van der Waals surface area contributed by atoms with Crippen LogP contribution in [0, 0.1) is 6.92 Å². The Bertz CT molecular complexity index is 1400. The summed E-state index contributed by atoms with van der Waals surface area (Å²) in [7, 11) is 0. The number of nitrogens with one attached hydrogen (secondary N) is 2. The molecule has 0 saturated carbocycles. The largest absolute Gasteiger partial charge is 0.507 e. The van der Waals surface area contributed by atoms with Gasteiger partial charge in [0.25, 0.3) is 5.91 Å². The number of amides is 1. The number of benzene rings is 3. The van der Waals surface area contributed by atoms with E-state index in [1.807, 2.05) is 18.2 Å². The molecule has 1 amide bonds. The van der Waals surface area contributed by atoms with E-state index in [9.17, 15) is 9.90 Å². The number of oxazole rings is 1. The summed E-state index contributed by atoms with van der Waals surface area (Å²) in [5.74, 6) is -0.173. The maximum Gasteiger partial charge on any atom is 0.258 e. The van der Waals surface area contributed by atoms with Crippen LogP contribution in [0.5, 0.6) is 5.75 Å². The molecule has 0 aliphatic carbocycles. The minimum atomic E-state index is -0.499. The Morgan fingerprint density at radius 3 is 2.70 bits per heavy atom. The second kappa shape index (κ2) is 9.39. The number of carbonyl (C=O) groups excluding carboxylic acids is 1. The first-order chi connectivity index (χ1) is 15.7. The van der Waals surface area contributed by atoms with Gasteiger partial charge in [-0.3, -0.25) is 10.1 Å². The van der Waals surface area contributed by atoms with Crippen molar-refractivity contribution in [1.29, 1.82) is 0 Å². The number of phenolic OH excluding ortho intramolecular Hbond substituents is 1. The molecule has 3 aromatic carbocycles. The minimum Gasteiger partial charge on any atom is -0.507 e. The first kappa shape index (κ1) is 23.0. The monoisotopic (exact) mass is 499 g/mol. The van der Waals surface area contributed by atoms with E-state index in [4.69, 9.17) is 39.8 Å². The Kier molecular flexibility index (Phi) is 6.56. The van der Waals surface area contributed by atoms with Gasteiger partial charge in [-0.1, -0.05) is 36.2 Å². The molecule has 1 aromatic heterocycles. The highest BCUT2D eigenvalue weighted by atomic mass is 35.5. The Balaban J connectivity index is 1.59. The number of aryl methyl sites for hydroxylation is 2. The van der Waals surface area contributed by atoms with Crippen LogP contribution < -0.4 is 10.6 Å². The van der Waals surface area contributed by atoms with Crippen LogP contribution in [0.2, 0.25) is 10.0 Å². The topological polar surface area (TPSA) is 87.4 Å². The molecular weight excluding hydrogens is 481 g/mol. The van der Waals surface area contributed by atoms with Crippen LogP contribution in [0.1, 0.15) is 28.4 Å². The highest BCUT2D eigenvalue weighted by Gasteiger charge is 2.17. The molecule has 168 valence electrons. The van der Waals surface area contributed by atoms with Crippen molar-refractivity contribution in [2.75, 3.05) is 5.32 Å². The lowest BCUT2D eigenvalue weighted by Crippen LogP contribution is -2.34. The van der Waals surface area contributed by atoms with Crippen LogP contribution in [-0.4, -0.2) is 21.1 Å². The van der Waals surface area contributed by atoms with Crippen molar-refractivity contribution >= 4 is 63.2 Å². The number of rotatable bonds is 4. The number of phenols is 1. The van der Waals surface area contributed by atoms with E-state index in [0.29, 0.717) is 32.9 Å². The molecule has 4 aromatic rings. The molecule has 0 radical (unpaired) electrons. The molecule has 33 heavy (non-hydrogen) atoms. The average molecular weight is 500 g/mol. The number of carbonyl (C=O) groups is 1. The number of aromatic nitrogens is 1. The number of hydrogen-bond donors (Lipinski definition) is 3. The fourth-order valence-corrected chi connectivity index (χ4v) is 3.91. The van der Waals surface area contributed by atoms with E-state index in [2.05, 4.69) is 22.5 Å². The zero-order valence-corrected chi connectivity index (χ0v) is 20.0. The fraction of sp³-hybridized carbons (Fsp3) is 0.125. The zero-order valence-electron chi connectivity index (χ0n) is 17.7. The van der Waals surface area contributed by atoms with E-state index in [1.165, 1.54) is 12.1 Å². The van der Waals surface area contributed by atoms with Crippen molar-refractivity contribution in [3.8, 4) is 17.2 Å². The van der Waals surface area contributed by atoms with Crippen LogP contribution >= 0.6 is 35.4 Å². The van der Waals surface area contributed by atoms with E-state index in [1.54, 1.807) is 25.1 Å². The van der Waals surface area contributed by atoms with Gasteiger partial charge in [-0.05, 0) is 79.2 Å². The SMILES string of the molecule is CCc1ccc2oc(-c3cc(NC(=S)NC(=O)c4cc(Cl)ccc4Cl)cc(C)c3O)nc2c1. The summed E-state index contributed by atoms with van der Waals surface area (Å²) in [4.78, 5) is 17.1. The van der Waals surface area contributed by atoms with Crippen molar-refractivity contribution in [2.45, 2.75) is 20.3 Å². The molecule has 9 heteroatoms. The number of anilines is 1. The van der Waals surface area contributed by atoms with Crippen LogP contribution in [0.3, 0.4) is 0 Å². The lowest BCUT2D eigenvalue weighted by molar-refractivity contribution is 0.0978.